The minimum atomic E-state index is -3.84. The van der Waals surface area contributed by atoms with E-state index in [1.165, 1.54) is 24.3 Å². The average molecular weight is 386 g/mol. The van der Waals surface area contributed by atoms with Crippen molar-refractivity contribution in [3.05, 3.63) is 54.1 Å². The molecule has 1 amide bonds. The van der Waals surface area contributed by atoms with E-state index in [9.17, 15) is 18.3 Å². The Morgan fingerprint density at radius 2 is 1.74 bits per heavy atom. The Balaban J connectivity index is 1.97. The number of hydrogen-bond acceptors (Lipinski definition) is 5. The molecule has 8 nitrogen and oxygen atoms in total. The van der Waals surface area contributed by atoms with E-state index in [0.717, 1.165) is 5.52 Å². The summed E-state index contributed by atoms with van der Waals surface area (Å²) in [7, 11) is -3.84. The van der Waals surface area contributed by atoms with Crippen LogP contribution in [0.3, 0.4) is 0 Å². The number of aromatic hydroxyl groups is 1. The molecule has 3 rings (SSSR count). The van der Waals surface area contributed by atoms with Crippen LogP contribution in [0.4, 0.5) is 5.69 Å². The Morgan fingerprint density at radius 1 is 1.11 bits per heavy atom. The second kappa shape index (κ2) is 6.93. The minimum absolute atomic E-state index is 0.0136. The van der Waals surface area contributed by atoms with E-state index in [1.807, 2.05) is 26.0 Å². The quantitative estimate of drug-likeness (QED) is 0.665. The first-order valence-electron chi connectivity index (χ1n) is 8.11. The van der Waals surface area contributed by atoms with Gasteiger partial charge in [0.15, 0.2) is 5.69 Å². The number of carbonyl (C=O) groups excluding carboxylic acids is 1. The van der Waals surface area contributed by atoms with E-state index in [0.29, 0.717) is 5.39 Å². The summed E-state index contributed by atoms with van der Waals surface area (Å²) >= 11 is 0. The molecule has 0 aliphatic heterocycles. The van der Waals surface area contributed by atoms with Gasteiger partial charge in [0, 0.05) is 17.0 Å². The van der Waals surface area contributed by atoms with E-state index in [2.05, 4.69) is 10.2 Å². The third-order valence-electron chi connectivity index (χ3n) is 4.05. The number of aromatic nitrogens is 1. The third-order valence-corrected chi connectivity index (χ3v) is 4.97. The molecule has 0 aliphatic carbocycles. The topological polar surface area (TPSA) is 127 Å². The number of para-hydroxylation sites is 1. The number of primary sulfonamides is 1. The fourth-order valence-corrected chi connectivity index (χ4v) is 3.31. The van der Waals surface area contributed by atoms with Crippen LogP contribution in [0.15, 0.2) is 63.7 Å². The largest absolute Gasteiger partial charge is 0.493 e. The molecule has 2 aromatic carbocycles. The van der Waals surface area contributed by atoms with Gasteiger partial charge in [0.05, 0.1) is 10.4 Å². The number of fused-ring (bicyclic) bond motifs is 1. The van der Waals surface area contributed by atoms with E-state index >= 15 is 0 Å². The molecule has 1 heterocycles. The van der Waals surface area contributed by atoms with Crippen molar-refractivity contribution in [3.8, 4) is 5.88 Å². The Kier molecular flexibility index (Phi) is 4.81. The Hall–Kier alpha value is -3.04. The predicted molar refractivity (Wildman–Crippen MR) is 101 cm³/mol. The number of azo groups is 1. The first kappa shape index (κ1) is 18.7. The zero-order valence-corrected chi connectivity index (χ0v) is 15.5. The van der Waals surface area contributed by atoms with Gasteiger partial charge in [0.25, 0.3) is 5.91 Å². The summed E-state index contributed by atoms with van der Waals surface area (Å²) in [5.41, 5.74) is 1.14. The molecule has 27 heavy (non-hydrogen) atoms. The van der Waals surface area contributed by atoms with E-state index in [1.54, 1.807) is 16.7 Å². The molecular formula is C18H18N4O4S. The van der Waals surface area contributed by atoms with Crippen LogP contribution in [0.2, 0.25) is 0 Å². The lowest BCUT2D eigenvalue weighted by Crippen LogP contribution is -2.12. The summed E-state index contributed by atoms with van der Waals surface area (Å²) in [4.78, 5) is 12.1. The van der Waals surface area contributed by atoms with Crippen molar-refractivity contribution in [1.82, 2.24) is 4.57 Å². The molecular weight excluding hydrogens is 368 g/mol. The number of sulfonamides is 1. The van der Waals surface area contributed by atoms with Gasteiger partial charge in [-0.1, -0.05) is 18.2 Å². The SMILES string of the molecule is CC(C)n1c(O)c(N=NC(=O)c2ccc(S(N)(=O)=O)cc2)c2ccccc21. The van der Waals surface area contributed by atoms with Crippen molar-refractivity contribution in [1.29, 1.82) is 0 Å². The molecule has 0 bridgehead atoms. The van der Waals surface area contributed by atoms with E-state index in [4.69, 9.17) is 5.14 Å². The molecule has 0 aliphatic rings. The number of hydrogen-bond donors (Lipinski definition) is 2. The summed E-state index contributed by atoms with van der Waals surface area (Å²) in [5, 5.41) is 23.8. The second-order valence-corrected chi connectivity index (χ2v) is 7.79. The molecule has 140 valence electrons. The second-order valence-electron chi connectivity index (χ2n) is 6.23. The highest BCUT2D eigenvalue weighted by atomic mass is 32.2. The molecule has 1 aromatic heterocycles. The number of amides is 1. The lowest BCUT2D eigenvalue weighted by Gasteiger charge is -2.10. The Bertz CT molecular complexity index is 1150. The molecule has 0 spiro atoms. The van der Waals surface area contributed by atoms with Crippen molar-refractivity contribution in [2.24, 2.45) is 15.4 Å². The molecule has 0 saturated carbocycles. The van der Waals surface area contributed by atoms with Gasteiger partial charge in [-0.15, -0.1) is 10.2 Å². The molecule has 0 fully saturated rings. The molecule has 9 heteroatoms. The fraction of sp³-hybridized carbons (Fsp3) is 0.167. The van der Waals surface area contributed by atoms with Crippen LogP contribution < -0.4 is 5.14 Å². The Labute approximate surface area is 156 Å². The van der Waals surface area contributed by atoms with Gasteiger partial charge in [-0.05, 0) is 44.2 Å². The van der Waals surface area contributed by atoms with Gasteiger partial charge in [0.1, 0.15) is 0 Å². The highest BCUT2D eigenvalue weighted by molar-refractivity contribution is 7.89. The van der Waals surface area contributed by atoms with E-state index < -0.39 is 15.9 Å². The summed E-state index contributed by atoms with van der Waals surface area (Å²) in [6.45, 7) is 3.84. The number of nitrogens with zero attached hydrogens (tertiary/aromatic N) is 3. The molecule has 0 radical (unpaired) electrons. The highest BCUT2D eigenvalue weighted by Crippen LogP contribution is 2.40. The lowest BCUT2D eigenvalue weighted by atomic mass is 10.2. The van der Waals surface area contributed by atoms with Gasteiger partial charge in [-0.3, -0.25) is 4.79 Å². The van der Waals surface area contributed by atoms with Crippen LogP contribution in [0.5, 0.6) is 5.88 Å². The van der Waals surface area contributed by atoms with Gasteiger partial charge < -0.3 is 9.67 Å². The van der Waals surface area contributed by atoms with Crippen LogP contribution in [0.1, 0.15) is 30.2 Å². The standard InChI is InChI=1S/C18H18N4O4S/c1-11(2)22-15-6-4-3-5-14(15)16(18(22)24)20-21-17(23)12-7-9-13(10-8-12)27(19,25)26/h3-11,24H,1-2H3,(H2,19,25,26). The predicted octanol–water partition coefficient (Wildman–Crippen LogP) is 3.50. The van der Waals surface area contributed by atoms with Crippen LogP contribution in [0.25, 0.3) is 10.9 Å². The molecule has 3 N–H and O–H groups in total. The van der Waals surface area contributed by atoms with Crippen molar-refractivity contribution >= 4 is 32.5 Å². The monoisotopic (exact) mass is 386 g/mol. The average Bonchev–Trinajstić information content (AvgIpc) is 2.90. The van der Waals surface area contributed by atoms with Gasteiger partial charge in [0.2, 0.25) is 15.9 Å². The number of rotatable bonds is 4. The van der Waals surface area contributed by atoms with E-state index in [-0.39, 0.29) is 28.1 Å². The van der Waals surface area contributed by atoms with Crippen molar-refractivity contribution in [2.45, 2.75) is 24.8 Å². The maximum atomic E-state index is 12.2. The number of carbonyl (C=O) groups is 1. The number of benzene rings is 2. The first-order valence-corrected chi connectivity index (χ1v) is 9.65. The summed E-state index contributed by atoms with van der Waals surface area (Å²) in [6, 6.07) is 12.3. The summed E-state index contributed by atoms with van der Waals surface area (Å²) in [5.74, 6) is -0.746. The molecule has 0 atom stereocenters. The smallest absolute Gasteiger partial charge is 0.295 e. The maximum absolute atomic E-state index is 12.2. The molecule has 0 saturated heterocycles. The maximum Gasteiger partial charge on any atom is 0.295 e. The highest BCUT2D eigenvalue weighted by Gasteiger charge is 2.18. The Morgan fingerprint density at radius 3 is 2.33 bits per heavy atom. The molecule has 3 aromatic rings. The summed E-state index contributed by atoms with van der Waals surface area (Å²) < 4.78 is 24.2. The zero-order valence-electron chi connectivity index (χ0n) is 14.7. The van der Waals surface area contributed by atoms with Gasteiger partial charge in [-0.2, -0.15) is 0 Å². The van der Waals surface area contributed by atoms with Gasteiger partial charge in [-0.25, -0.2) is 13.6 Å². The third kappa shape index (κ3) is 3.60. The van der Waals surface area contributed by atoms with Crippen molar-refractivity contribution < 1.29 is 18.3 Å². The molecule has 0 unspecified atom stereocenters. The zero-order chi connectivity index (χ0) is 19.8. The van der Waals surface area contributed by atoms with Crippen LogP contribution in [-0.4, -0.2) is 24.0 Å². The van der Waals surface area contributed by atoms with Gasteiger partial charge >= 0.3 is 0 Å². The number of nitrogens with two attached hydrogens (primary N) is 1. The van der Waals surface area contributed by atoms with Crippen LogP contribution in [0, 0.1) is 0 Å². The summed E-state index contributed by atoms with van der Waals surface area (Å²) in [6.07, 6.45) is 0. The van der Waals surface area contributed by atoms with Crippen molar-refractivity contribution in [2.75, 3.05) is 0 Å². The normalized spacial score (nSPS) is 12.3. The fourth-order valence-electron chi connectivity index (χ4n) is 2.79. The van der Waals surface area contributed by atoms with Crippen LogP contribution >= 0.6 is 0 Å². The lowest BCUT2D eigenvalue weighted by molar-refractivity contribution is 0.0995. The first-order chi connectivity index (χ1) is 12.7. The van der Waals surface area contributed by atoms with Crippen LogP contribution in [-0.2, 0) is 10.0 Å². The minimum Gasteiger partial charge on any atom is -0.493 e. The van der Waals surface area contributed by atoms with Crippen molar-refractivity contribution in [3.63, 3.8) is 0 Å².